The van der Waals surface area contributed by atoms with Crippen molar-refractivity contribution in [3.8, 4) is 5.75 Å². The lowest BCUT2D eigenvalue weighted by Crippen LogP contribution is -2.73. The SMILES string of the molecule is COc1ccc2c(c1)[C@@]13CCN(CCc4ccccc4)[C@@H](C2)[C@]1(O)CC[C@H](C)C3. The number of fused-ring (bicyclic) bond motifs is 1. The third kappa shape index (κ3) is 2.93. The quantitative estimate of drug-likeness (QED) is 0.841. The van der Waals surface area contributed by atoms with Crippen molar-refractivity contribution < 1.29 is 9.84 Å². The van der Waals surface area contributed by atoms with Gasteiger partial charge in [-0.3, -0.25) is 4.90 Å². The second-order valence-electron chi connectivity index (χ2n) is 9.62. The van der Waals surface area contributed by atoms with Gasteiger partial charge >= 0.3 is 0 Å². The molecule has 2 aliphatic carbocycles. The number of hydrogen-bond donors (Lipinski definition) is 1. The van der Waals surface area contributed by atoms with E-state index in [0.29, 0.717) is 5.92 Å². The van der Waals surface area contributed by atoms with Crippen molar-refractivity contribution in [2.24, 2.45) is 5.92 Å². The Labute approximate surface area is 174 Å². The van der Waals surface area contributed by atoms with Crippen LogP contribution in [-0.4, -0.2) is 41.8 Å². The summed E-state index contributed by atoms with van der Waals surface area (Å²) in [4.78, 5) is 2.59. The zero-order valence-electron chi connectivity index (χ0n) is 17.7. The molecular weight excluding hydrogens is 358 g/mol. The molecule has 0 amide bonds. The van der Waals surface area contributed by atoms with E-state index in [1.807, 2.05) is 0 Å². The predicted molar refractivity (Wildman–Crippen MR) is 116 cm³/mol. The molecule has 1 aliphatic heterocycles. The number of ether oxygens (including phenoxy) is 1. The molecule has 154 valence electrons. The zero-order chi connectivity index (χ0) is 20.1. The van der Waals surface area contributed by atoms with Gasteiger partial charge in [0.05, 0.1) is 12.7 Å². The summed E-state index contributed by atoms with van der Waals surface area (Å²) >= 11 is 0. The zero-order valence-corrected chi connectivity index (χ0v) is 17.7. The highest BCUT2D eigenvalue weighted by molar-refractivity contribution is 5.48. The Morgan fingerprint density at radius 3 is 2.76 bits per heavy atom. The van der Waals surface area contributed by atoms with Crippen LogP contribution < -0.4 is 4.74 Å². The smallest absolute Gasteiger partial charge is 0.119 e. The molecule has 3 nitrogen and oxygen atoms in total. The summed E-state index contributed by atoms with van der Waals surface area (Å²) in [5.41, 5.74) is 3.41. The van der Waals surface area contributed by atoms with Gasteiger partial charge in [0.15, 0.2) is 0 Å². The van der Waals surface area contributed by atoms with Crippen LogP contribution >= 0.6 is 0 Å². The lowest BCUT2D eigenvalue weighted by Gasteiger charge is -2.64. The number of benzene rings is 2. The van der Waals surface area contributed by atoms with Crippen LogP contribution in [0.5, 0.6) is 5.75 Å². The molecule has 1 saturated heterocycles. The fraction of sp³-hybridized carbons (Fsp3) is 0.538. The van der Waals surface area contributed by atoms with Gasteiger partial charge in [-0.05, 0) is 79.8 Å². The molecule has 0 aromatic heterocycles. The predicted octanol–water partition coefficient (Wildman–Crippen LogP) is 4.36. The third-order valence-electron chi connectivity index (χ3n) is 8.14. The fourth-order valence-corrected chi connectivity index (χ4v) is 6.65. The summed E-state index contributed by atoms with van der Waals surface area (Å²) in [5, 5.41) is 12.3. The number of aliphatic hydroxyl groups is 1. The van der Waals surface area contributed by atoms with Crippen molar-refractivity contribution >= 4 is 0 Å². The molecule has 2 bridgehead atoms. The van der Waals surface area contributed by atoms with Crippen LogP contribution in [0.1, 0.15) is 49.3 Å². The normalized spacial score (nSPS) is 33.6. The summed E-state index contributed by atoms with van der Waals surface area (Å²) in [7, 11) is 1.74. The maximum atomic E-state index is 12.3. The van der Waals surface area contributed by atoms with Gasteiger partial charge in [-0.15, -0.1) is 0 Å². The average Bonchev–Trinajstić information content (AvgIpc) is 2.74. The number of piperidine rings is 1. The van der Waals surface area contributed by atoms with E-state index >= 15 is 0 Å². The Balaban J connectivity index is 1.51. The van der Waals surface area contributed by atoms with Crippen LogP contribution in [-0.2, 0) is 18.3 Å². The monoisotopic (exact) mass is 391 g/mol. The molecule has 1 N–H and O–H groups in total. The number of likely N-dealkylation sites (tertiary alicyclic amines) is 1. The summed E-state index contributed by atoms with van der Waals surface area (Å²) in [6.07, 6.45) is 6.16. The van der Waals surface area contributed by atoms with Gasteiger partial charge < -0.3 is 9.84 Å². The molecule has 4 atom stereocenters. The molecule has 3 aliphatic rings. The van der Waals surface area contributed by atoms with Crippen LogP contribution in [0.3, 0.4) is 0 Å². The molecule has 0 spiro atoms. The van der Waals surface area contributed by atoms with Crippen molar-refractivity contribution in [2.75, 3.05) is 20.2 Å². The molecule has 3 heteroatoms. The largest absolute Gasteiger partial charge is 0.497 e. The van der Waals surface area contributed by atoms with Crippen molar-refractivity contribution in [2.45, 2.75) is 62.5 Å². The standard InChI is InChI=1S/C26H33NO2/c1-19-10-12-26(28)24-16-21-8-9-22(29-2)17-23(21)25(26,18-19)13-15-27(24)14-11-20-6-4-3-5-7-20/h3-9,17,19,24,28H,10-16,18H2,1-2H3/t19-,24-,25-,26+/m0/s1. The topological polar surface area (TPSA) is 32.7 Å². The highest BCUT2D eigenvalue weighted by Gasteiger charge is 2.64. The minimum absolute atomic E-state index is 0.124. The molecule has 5 rings (SSSR count). The van der Waals surface area contributed by atoms with Crippen LogP contribution in [0, 0.1) is 5.92 Å². The molecule has 0 radical (unpaired) electrons. The molecule has 2 aromatic rings. The Morgan fingerprint density at radius 2 is 1.97 bits per heavy atom. The maximum absolute atomic E-state index is 12.3. The number of nitrogens with zero attached hydrogens (tertiary/aromatic N) is 1. The molecule has 2 fully saturated rings. The van der Waals surface area contributed by atoms with Gasteiger partial charge in [-0.2, -0.15) is 0 Å². The van der Waals surface area contributed by atoms with Gasteiger partial charge in [0.25, 0.3) is 0 Å². The van der Waals surface area contributed by atoms with Crippen LogP contribution in [0.15, 0.2) is 48.5 Å². The summed E-state index contributed by atoms with van der Waals surface area (Å²) in [6, 6.07) is 17.5. The summed E-state index contributed by atoms with van der Waals surface area (Å²) in [6.45, 7) is 4.46. The molecule has 1 heterocycles. The number of rotatable bonds is 4. The van der Waals surface area contributed by atoms with Crippen molar-refractivity contribution in [3.05, 3.63) is 65.2 Å². The van der Waals surface area contributed by atoms with Crippen molar-refractivity contribution in [3.63, 3.8) is 0 Å². The van der Waals surface area contributed by atoms with E-state index in [1.54, 1.807) is 7.11 Å². The molecule has 1 saturated carbocycles. The lowest BCUT2D eigenvalue weighted by atomic mass is 9.48. The Morgan fingerprint density at radius 1 is 1.14 bits per heavy atom. The fourth-order valence-electron chi connectivity index (χ4n) is 6.65. The first-order chi connectivity index (χ1) is 14.1. The Bertz CT molecular complexity index is 882. The molecular formula is C26H33NO2. The van der Waals surface area contributed by atoms with E-state index in [4.69, 9.17) is 4.74 Å². The van der Waals surface area contributed by atoms with Crippen LogP contribution in [0.25, 0.3) is 0 Å². The van der Waals surface area contributed by atoms with E-state index in [2.05, 4.69) is 60.4 Å². The first-order valence-corrected chi connectivity index (χ1v) is 11.2. The first kappa shape index (κ1) is 19.1. The van der Waals surface area contributed by atoms with Gasteiger partial charge in [0, 0.05) is 18.0 Å². The van der Waals surface area contributed by atoms with Gasteiger partial charge in [-0.25, -0.2) is 0 Å². The second kappa shape index (κ2) is 7.14. The summed E-state index contributed by atoms with van der Waals surface area (Å²) in [5.74, 6) is 1.58. The minimum atomic E-state index is -0.631. The van der Waals surface area contributed by atoms with E-state index in [0.717, 1.165) is 57.4 Å². The highest BCUT2D eigenvalue weighted by atomic mass is 16.5. The summed E-state index contributed by atoms with van der Waals surface area (Å²) < 4.78 is 5.57. The van der Waals surface area contributed by atoms with Crippen LogP contribution in [0.2, 0.25) is 0 Å². The lowest BCUT2D eigenvalue weighted by molar-refractivity contribution is -0.172. The van der Waals surface area contributed by atoms with Gasteiger partial charge in [0.1, 0.15) is 5.75 Å². The first-order valence-electron chi connectivity index (χ1n) is 11.2. The van der Waals surface area contributed by atoms with Gasteiger partial charge in [-0.1, -0.05) is 43.3 Å². The van der Waals surface area contributed by atoms with Crippen molar-refractivity contribution in [1.82, 2.24) is 4.90 Å². The molecule has 2 aromatic carbocycles. The molecule has 29 heavy (non-hydrogen) atoms. The van der Waals surface area contributed by atoms with E-state index < -0.39 is 5.60 Å². The van der Waals surface area contributed by atoms with Gasteiger partial charge in [0.2, 0.25) is 0 Å². The number of methoxy groups -OCH3 is 1. The van der Waals surface area contributed by atoms with E-state index in [9.17, 15) is 5.11 Å². The third-order valence-corrected chi connectivity index (χ3v) is 8.14. The minimum Gasteiger partial charge on any atom is -0.497 e. The highest BCUT2D eigenvalue weighted by Crippen LogP contribution is 2.59. The van der Waals surface area contributed by atoms with E-state index in [-0.39, 0.29) is 11.5 Å². The number of hydrogen-bond acceptors (Lipinski definition) is 3. The average molecular weight is 392 g/mol. The molecule has 0 unspecified atom stereocenters. The second-order valence-corrected chi connectivity index (χ2v) is 9.62. The van der Waals surface area contributed by atoms with Crippen LogP contribution in [0.4, 0.5) is 0 Å². The van der Waals surface area contributed by atoms with E-state index in [1.165, 1.54) is 16.7 Å². The maximum Gasteiger partial charge on any atom is 0.119 e. The Kier molecular flexibility index (Phi) is 4.71. The Hall–Kier alpha value is -1.84. The van der Waals surface area contributed by atoms with Crippen molar-refractivity contribution in [1.29, 1.82) is 0 Å².